The van der Waals surface area contributed by atoms with E-state index in [1.807, 2.05) is 24.3 Å². The lowest BCUT2D eigenvalue weighted by atomic mass is 9.95. The van der Waals surface area contributed by atoms with Gasteiger partial charge >= 0.3 is 0 Å². The van der Waals surface area contributed by atoms with E-state index in [2.05, 4.69) is 46.6 Å². The van der Waals surface area contributed by atoms with Gasteiger partial charge in [0.25, 0.3) is 0 Å². The molecule has 1 N–H and O–H groups in total. The van der Waals surface area contributed by atoms with E-state index < -0.39 is 0 Å². The van der Waals surface area contributed by atoms with E-state index >= 15 is 0 Å². The van der Waals surface area contributed by atoms with E-state index in [1.165, 1.54) is 21.9 Å². The predicted molar refractivity (Wildman–Crippen MR) is 109 cm³/mol. The van der Waals surface area contributed by atoms with Crippen LogP contribution < -0.4 is 14.8 Å². The highest BCUT2D eigenvalue weighted by atomic mass is 16.5. The molecule has 0 fully saturated rings. The molecule has 3 aromatic carbocycles. The number of benzene rings is 3. The molecule has 1 heterocycles. The minimum atomic E-state index is 0.648. The van der Waals surface area contributed by atoms with Gasteiger partial charge < -0.3 is 14.8 Å². The van der Waals surface area contributed by atoms with Gasteiger partial charge in [-0.05, 0) is 34.0 Å². The predicted octanol–water partition coefficient (Wildman–Crippen LogP) is 3.83. The SMILES string of the molecule is COc1cccc(OCCNCCN2Cc3cccc4cccc(c34)C2)c1. The van der Waals surface area contributed by atoms with Crippen molar-refractivity contribution in [1.29, 1.82) is 0 Å². The van der Waals surface area contributed by atoms with Crippen LogP contribution in [-0.2, 0) is 13.1 Å². The molecule has 0 unspecified atom stereocenters. The number of hydrogen-bond acceptors (Lipinski definition) is 4. The standard InChI is InChI=1S/C23H26N2O2/c1-26-21-9-4-10-22(15-21)27-14-12-24-11-13-25-16-19-7-2-5-18-6-3-8-20(17-25)23(18)19/h2-10,15,24H,11-14,16-17H2,1H3. The average Bonchev–Trinajstić information content (AvgIpc) is 2.71. The van der Waals surface area contributed by atoms with Gasteiger partial charge in [-0.15, -0.1) is 0 Å². The van der Waals surface area contributed by atoms with Crippen molar-refractivity contribution in [3.8, 4) is 11.5 Å². The summed E-state index contributed by atoms with van der Waals surface area (Å²) in [4.78, 5) is 2.51. The Morgan fingerprint density at radius 3 is 2.33 bits per heavy atom. The van der Waals surface area contributed by atoms with Crippen molar-refractivity contribution >= 4 is 10.8 Å². The minimum absolute atomic E-state index is 0.648. The summed E-state index contributed by atoms with van der Waals surface area (Å²) < 4.78 is 11.0. The van der Waals surface area contributed by atoms with E-state index in [4.69, 9.17) is 9.47 Å². The van der Waals surface area contributed by atoms with Crippen LogP contribution in [0.25, 0.3) is 10.8 Å². The van der Waals surface area contributed by atoms with Gasteiger partial charge in [0.05, 0.1) is 7.11 Å². The van der Waals surface area contributed by atoms with Gasteiger partial charge in [-0.25, -0.2) is 0 Å². The maximum absolute atomic E-state index is 5.77. The zero-order valence-electron chi connectivity index (χ0n) is 15.8. The van der Waals surface area contributed by atoms with Gasteiger partial charge in [-0.1, -0.05) is 42.5 Å². The third-order valence-electron chi connectivity index (χ3n) is 5.06. The van der Waals surface area contributed by atoms with Crippen LogP contribution in [0.4, 0.5) is 0 Å². The van der Waals surface area contributed by atoms with Crippen LogP contribution in [0.3, 0.4) is 0 Å². The molecule has 1 aliphatic heterocycles. The van der Waals surface area contributed by atoms with Crippen LogP contribution in [0.5, 0.6) is 11.5 Å². The number of ether oxygens (including phenoxy) is 2. The highest BCUT2D eigenvalue weighted by Crippen LogP contribution is 2.29. The van der Waals surface area contributed by atoms with Gasteiger partial charge in [0, 0.05) is 38.8 Å². The van der Waals surface area contributed by atoms with E-state index in [0.29, 0.717) is 6.61 Å². The molecule has 140 valence electrons. The molecule has 0 aliphatic carbocycles. The average molecular weight is 362 g/mol. The van der Waals surface area contributed by atoms with E-state index in [0.717, 1.165) is 44.2 Å². The van der Waals surface area contributed by atoms with Crippen molar-refractivity contribution in [3.63, 3.8) is 0 Å². The smallest absolute Gasteiger partial charge is 0.123 e. The van der Waals surface area contributed by atoms with Gasteiger partial charge in [-0.3, -0.25) is 4.90 Å². The molecule has 4 heteroatoms. The summed E-state index contributed by atoms with van der Waals surface area (Å²) in [5, 5.41) is 6.30. The summed E-state index contributed by atoms with van der Waals surface area (Å²) in [6.07, 6.45) is 0. The van der Waals surface area contributed by atoms with Crippen LogP contribution in [0.1, 0.15) is 11.1 Å². The molecule has 0 bridgehead atoms. The zero-order valence-corrected chi connectivity index (χ0v) is 15.8. The Labute approximate surface area is 160 Å². The second-order valence-corrected chi connectivity index (χ2v) is 6.92. The molecule has 0 saturated carbocycles. The lowest BCUT2D eigenvalue weighted by Crippen LogP contribution is -2.34. The maximum atomic E-state index is 5.77. The summed E-state index contributed by atoms with van der Waals surface area (Å²) in [7, 11) is 1.67. The largest absolute Gasteiger partial charge is 0.497 e. The van der Waals surface area contributed by atoms with Crippen LogP contribution in [0.15, 0.2) is 60.7 Å². The Morgan fingerprint density at radius 1 is 0.889 bits per heavy atom. The Hall–Kier alpha value is -2.56. The summed E-state index contributed by atoms with van der Waals surface area (Å²) in [6, 6.07) is 21.0. The number of hydrogen-bond donors (Lipinski definition) is 1. The van der Waals surface area contributed by atoms with Crippen molar-refractivity contribution in [2.75, 3.05) is 33.4 Å². The second-order valence-electron chi connectivity index (χ2n) is 6.92. The summed E-state index contributed by atoms with van der Waals surface area (Å²) in [6.45, 7) is 5.52. The van der Waals surface area contributed by atoms with Gasteiger partial charge in [-0.2, -0.15) is 0 Å². The third-order valence-corrected chi connectivity index (χ3v) is 5.06. The third kappa shape index (κ3) is 4.24. The van der Waals surface area contributed by atoms with E-state index in [1.54, 1.807) is 7.11 Å². The number of nitrogens with one attached hydrogen (secondary N) is 1. The van der Waals surface area contributed by atoms with Crippen molar-refractivity contribution in [2.24, 2.45) is 0 Å². The maximum Gasteiger partial charge on any atom is 0.123 e. The Kier molecular flexibility index (Phi) is 5.56. The Balaban J connectivity index is 1.21. The molecule has 27 heavy (non-hydrogen) atoms. The first kappa shape index (κ1) is 17.8. The summed E-state index contributed by atoms with van der Waals surface area (Å²) >= 11 is 0. The first-order chi connectivity index (χ1) is 13.3. The van der Waals surface area contributed by atoms with E-state index in [-0.39, 0.29) is 0 Å². The first-order valence-corrected chi connectivity index (χ1v) is 9.53. The normalized spacial score (nSPS) is 13.7. The number of rotatable bonds is 8. The van der Waals surface area contributed by atoms with Crippen LogP contribution in [0.2, 0.25) is 0 Å². The number of nitrogens with zero attached hydrogens (tertiary/aromatic N) is 1. The summed E-state index contributed by atoms with van der Waals surface area (Å²) in [5.74, 6) is 1.66. The quantitative estimate of drug-likeness (QED) is 0.618. The molecular formula is C23H26N2O2. The second kappa shape index (κ2) is 8.42. The van der Waals surface area contributed by atoms with Crippen molar-refractivity contribution < 1.29 is 9.47 Å². The fourth-order valence-electron chi connectivity index (χ4n) is 3.76. The lowest BCUT2D eigenvalue weighted by molar-refractivity contribution is 0.247. The highest BCUT2D eigenvalue weighted by Gasteiger charge is 2.17. The number of methoxy groups -OCH3 is 1. The van der Waals surface area contributed by atoms with Crippen LogP contribution >= 0.6 is 0 Å². The minimum Gasteiger partial charge on any atom is -0.497 e. The fourth-order valence-corrected chi connectivity index (χ4v) is 3.76. The van der Waals surface area contributed by atoms with Gasteiger partial charge in [0.15, 0.2) is 0 Å². The monoisotopic (exact) mass is 362 g/mol. The van der Waals surface area contributed by atoms with Crippen LogP contribution in [0, 0.1) is 0 Å². The zero-order chi connectivity index (χ0) is 18.5. The molecule has 0 aromatic heterocycles. The molecule has 1 aliphatic rings. The van der Waals surface area contributed by atoms with E-state index in [9.17, 15) is 0 Å². The van der Waals surface area contributed by atoms with Crippen molar-refractivity contribution in [2.45, 2.75) is 13.1 Å². The molecule has 3 aromatic rings. The van der Waals surface area contributed by atoms with Crippen LogP contribution in [-0.4, -0.2) is 38.3 Å². The highest BCUT2D eigenvalue weighted by molar-refractivity contribution is 5.89. The lowest BCUT2D eigenvalue weighted by Gasteiger charge is -2.29. The molecular weight excluding hydrogens is 336 g/mol. The van der Waals surface area contributed by atoms with Crippen molar-refractivity contribution in [3.05, 3.63) is 71.8 Å². The van der Waals surface area contributed by atoms with Gasteiger partial charge in [0.2, 0.25) is 0 Å². The molecule has 0 amide bonds. The summed E-state index contributed by atoms with van der Waals surface area (Å²) in [5.41, 5.74) is 2.88. The van der Waals surface area contributed by atoms with Gasteiger partial charge in [0.1, 0.15) is 18.1 Å². The molecule has 0 saturated heterocycles. The Bertz CT molecular complexity index is 869. The molecule has 4 nitrogen and oxygen atoms in total. The first-order valence-electron chi connectivity index (χ1n) is 9.53. The molecule has 4 rings (SSSR count). The molecule has 0 radical (unpaired) electrons. The Morgan fingerprint density at radius 2 is 1.59 bits per heavy atom. The molecule has 0 atom stereocenters. The van der Waals surface area contributed by atoms with Crippen molar-refractivity contribution in [1.82, 2.24) is 10.2 Å². The topological polar surface area (TPSA) is 33.7 Å². The molecule has 0 spiro atoms. The fraction of sp³-hybridized carbons (Fsp3) is 0.304.